The Morgan fingerprint density at radius 1 is 1.35 bits per heavy atom. The van der Waals surface area contributed by atoms with Crippen LogP contribution in [-0.4, -0.2) is 42.9 Å². The van der Waals surface area contributed by atoms with Crippen LogP contribution in [0.3, 0.4) is 0 Å². The van der Waals surface area contributed by atoms with E-state index in [2.05, 4.69) is 10.6 Å². The quantitative estimate of drug-likeness (QED) is 0.836. The second-order valence-electron chi connectivity index (χ2n) is 5.41. The van der Waals surface area contributed by atoms with Crippen LogP contribution in [0.15, 0.2) is 18.2 Å². The molecule has 3 rings (SSSR count). The first-order valence-corrected chi connectivity index (χ1v) is 7.06. The summed E-state index contributed by atoms with van der Waals surface area (Å²) in [5.74, 6) is 0.0236. The van der Waals surface area contributed by atoms with E-state index in [4.69, 9.17) is 0 Å². The average molecular weight is 273 g/mol. The van der Waals surface area contributed by atoms with Gasteiger partial charge in [0, 0.05) is 36.8 Å². The summed E-state index contributed by atoms with van der Waals surface area (Å²) in [4.78, 5) is 25.9. The lowest BCUT2D eigenvalue weighted by molar-refractivity contribution is 0.0707. The number of rotatable bonds is 2. The molecule has 0 radical (unpaired) electrons. The molecule has 2 heterocycles. The van der Waals surface area contributed by atoms with Gasteiger partial charge in [-0.15, -0.1) is 0 Å². The normalized spacial score (nSPS) is 18.9. The van der Waals surface area contributed by atoms with Crippen molar-refractivity contribution < 1.29 is 9.59 Å². The first-order chi connectivity index (χ1) is 9.69. The lowest BCUT2D eigenvalue weighted by Crippen LogP contribution is -2.43. The van der Waals surface area contributed by atoms with Crippen LogP contribution in [0, 0.1) is 0 Å². The third kappa shape index (κ3) is 2.29. The Hall–Kier alpha value is -1.88. The van der Waals surface area contributed by atoms with E-state index < -0.39 is 0 Å². The molecule has 2 aliphatic heterocycles. The lowest BCUT2D eigenvalue weighted by Gasteiger charge is -2.32. The molecule has 106 valence electrons. The van der Waals surface area contributed by atoms with Gasteiger partial charge in [-0.05, 0) is 43.7 Å². The van der Waals surface area contributed by atoms with E-state index in [-0.39, 0.29) is 11.8 Å². The van der Waals surface area contributed by atoms with Crippen LogP contribution in [0.2, 0.25) is 0 Å². The van der Waals surface area contributed by atoms with E-state index in [1.807, 2.05) is 18.0 Å². The van der Waals surface area contributed by atoms with Crippen LogP contribution < -0.4 is 10.6 Å². The van der Waals surface area contributed by atoms with Gasteiger partial charge < -0.3 is 15.5 Å². The zero-order valence-electron chi connectivity index (χ0n) is 11.6. The van der Waals surface area contributed by atoms with Gasteiger partial charge in [-0.25, -0.2) is 0 Å². The third-order valence-corrected chi connectivity index (χ3v) is 4.23. The molecule has 0 spiro atoms. The highest BCUT2D eigenvalue weighted by Gasteiger charge is 2.25. The third-order valence-electron chi connectivity index (χ3n) is 4.23. The summed E-state index contributed by atoms with van der Waals surface area (Å²) >= 11 is 0. The second-order valence-corrected chi connectivity index (χ2v) is 5.41. The Balaban J connectivity index is 1.74. The molecule has 0 aromatic heterocycles. The number of nitrogens with zero attached hydrogens (tertiary/aromatic N) is 1. The van der Waals surface area contributed by atoms with Crippen molar-refractivity contribution in [3.63, 3.8) is 0 Å². The summed E-state index contributed by atoms with van der Waals surface area (Å²) in [6.45, 7) is 2.11. The van der Waals surface area contributed by atoms with Crippen LogP contribution in [0.1, 0.15) is 39.1 Å². The highest BCUT2D eigenvalue weighted by atomic mass is 16.2. The maximum absolute atomic E-state index is 12.5. The smallest absolute Gasteiger partial charge is 0.253 e. The van der Waals surface area contributed by atoms with E-state index >= 15 is 0 Å². The zero-order valence-corrected chi connectivity index (χ0v) is 11.6. The van der Waals surface area contributed by atoms with E-state index in [1.165, 1.54) is 0 Å². The minimum absolute atomic E-state index is 0.0474. The lowest BCUT2D eigenvalue weighted by atomic mass is 10.0. The van der Waals surface area contributed by atoms with Gasteiger partial charge in [0.25, 0.3) is 11.8 Å². The maximum atomic E-state index is 12.5. The van der Waals surface area contributed by atoms with E-state index in [9.17, 15) is 9.59 Å². The summed E-state index contributed by atoms with van der Waals surface area (Å²) in [6, 6.07) is 5.88. The predicted molar refractivity (Wildman–Crippen MR) is 75.6 cm³/mol. The van der Waals surface area contributed by atoms with Gasteiger partial charge in [-0.3, -0.25) is 9.59 Å². The minimum atomic E-state index is -0.0474. The topological polar surface area (TPSA) is 61.4 Å². The summed E-state index contributed by atoms with van der Waals surface area (Å²) in [5.41, 5.74) is 2.30. The summed E-state index contributed by atoms with van der Waals surface area (Å²) in [5, 5.41) is 6.03. The molecule has 1 saturated heterocycles. The number of amides is 2. The Morgan fingerprint density at radius 3 is 2.80 bits per heavy atom. The van der Waals surface area contributed by atoms with Crippen molar-refractivity contribution in [2.24, 2.45) is 0 Å². The predicted octanol–water partition coefficient (Wildman–Crippen LogP) is 0.754. The molecule has 2 aliphatic rings. The van der Waals surface area contributed by atoms with Crippen LogP contribution in [0.25, 0.3) is 0 Å². The fourth-order valence-corrected chi connectivity index (χ4v) is 2.92. The highest BCUT2D eigenvalue weighted by Crippen LogP contribution is 2.20. The zero-order chi connectivity index (χ0) is 14.1. The van der Waals surface area contributed by atoms with Crippen LogP contribution in [-0.2, 0) is 6.54 Å². The second kappa shape index (κ2) is 5.25. The van der Waals surface area contributed by atoms with Gasteiger partial charge in [-0.2, -0.15) is 0 Å². The number of fused-ring (bicyclic) bond motifs is 1. The Morgan fingerprint density at radius 2 is 2.10 bits per heavy atom. The first-order valence-electron chi connectivity index (χ1n) is 7.06. The fraction of sp³-hybridized carbons (Fsp3) is 0.467. The molecule has 1 aromatic carbocycles. The molecule has 0 saturated carbocycles. The minimum Gasteiger partial charge on any atom is -0.348 e. The molecular weight excluding hydrogens is 254 g/mol. The molecule has 20 heavy (non-hydrogen) atoms. The van der Waals surface area contributed by atoms with Gasteiger partial charge >= 0.3 is 0 Å². The molecule has 5 nitrogen and oxygen atoms in total. The summed E-state index contributed by atoms with van der Waals surface area (Å²) < 4.78 is 0. The van der Waals surface area contributed by atoms with Gasteiger partial charge in [0.1, 0.15) is 0 Å². The van der Waals surface area contributed by atoms with Gasteiger partial charge in [-0.1, -0.05) is 0 Å². The van der Waals surface area contributed by atoms with E-state index in [0.29, 0.717) is 23.7 Å². The number of hydrogen-bond acceptors (Lipinski definition) is 3. The first kappa shape index (κ1) is 13.1. The Labute approximate surface area is 118 Å². The molecule has 5 heteroatoms. The SMILES string of the molecule is CNC1CCN(C(=O)c2ccc3c(c2)CNC3=O)CC1. The average Bonchev–Trinajstić information content (AvgIpc) is 2.87. The number of likely N-dealkylation sites (tertiary alicyclic amines) is 1. The molecule has 0 bridgehead atoms. The van der Waals surface area contributed by atoms with Crippen LogP contribution in [0.4, 0.5) is 0 Å². The number of carbonyl (C=O) groups is 2. The van der Waals surface area contributed by atoms with Crippen molar-refractivity contribution in [2.45, 2.75) is 25.4 Å². The molecule has 0 atom stereocenters. The van der Waals surface area contributed by atoms with Gasteiger partial charge in [0.2, 0.25) is 0 Å². The number of hydrogen-bond donors (Lipinski definition) is 2. The maximum Gasteiger partial charge on any atom is 0.253 e. The van der Waals surface area contributed by atoms with Crippen molar-refractivity contribution in [3.05, 3.63) is 34.9 Å². The van der Waals surface area contributed by atoms with Gasteiger partial charge in [0.05, 0.1) is 0 Å². The van der Waals surface area contributed by atoms with Crippen molar-refractivity contribution in [3.8, 4) is 0 Å². The van der Waals surface area contributed by atoms with Crippen molar-refractivity contribution in [1.82, 2.24) is 15.5 Å². The number of nitrogens with one attached hydrogen (secondary N) is 2. The standard InChI is InChI=1S/C15H19N3O2/c1-16-12-4-6-18(7-5-12)15(20)10-2-3-13-11(8-10)9-17-14(13)19/h2-3,8,12,16H,4-7,9H2,1H3,(H,17,19). The number of benzene rings is 1. The van der Waals surface area contributed by atoms with Crippen molar-refractivity contribution in [1.29, 1.82) is 0 Å². The summed E-state index contributed by atoms with van der Waals surface area (Å²) in [6.07, 6.45) is 1.99. The number of carbonyl (C=O) groups excluding carboxylic acids is 2. The van der Waals surface area contributed by atoms with E-state index in [0.717, 1.165) is 31.5 Å². The molecular formula is C15H19N3O2. The Kier molecular flexibility index (Phi) is 3.44. The van der Waals surface area contributed by atoms with Gasteiger partial charge in [0.15, 0.2) is 0 Å². The molecule has 1 fully saturated rings. The van der Waals surface area contributed by atoms with E-state index in [1.54, 1.807) is 12.1 Å². The molecule has 1 aromatic rings. The van der Waals surface area contributed by atoms with Crippen LogP contribution >= 0.6 is 0 Å². The molecule has 0 aliphatic carbocycles. The highest BCUT2D eigenvalue weighted by molar-refractivity contribution is 6.01. The Bertz CT molecular complexity index is 548. The van der Waals surface area contributed by atoms with Crippen LogP contribution in [0.5, 0.6) is 0 Å². The monoisotopic (exact) mass is 273 g/mol. The summed E-state index contributed by atoms with van der Waals surface area (Å²) in [7, 11) is 1.96. The largest absolute Gasteiger partial charge is 0.348 e. The number of piperidine rings is 1. The fourth-order valence-electron chi connectivity index (χ4n) is 2.92. The molecule has 2 amide bonds. The molecule has 0 unspecified atom stereocenters. The molecule has 2 N–H and O–H groups in total. The van der Waals surface area contributed by atoms with Crippen molar-refractivity contribution >= 4 is 11.8 Å². The van der Waals surface area contributed by atoms with Crippen molar-refractivity contribution in [2.75, 3.05) is 20.1 Å².